The molecule has 1 aliphatic rings. The lowest BCUT2D eigenvalue weighted by Gasteiger charge is -2.44. The van der Waals surface area contributed by atoms with Crippen LogP contribution in [0.3, 0.4) is 0 Å². The van der Waals surface area contributed by atoms with E-state index in [2.05, 4.69) is 123 Å². The zero-order chi connectivity index (χ0) is 24.1. The number of hydrogen-bond donors (Lipinski definition) is 0. The predicted octanol–water partition coefficient (Wildman–Crippen LogP) is 8.78. The molecule has 1 aliphatic carbocycles. The van der Waals surface area contributed by atoms with Crippen LogP contribution in [0.15, 0.2) is 77.4 Å². The summed E-state index contributed by atoms with van der Waals surface area (Å²) in [5.41, 5.74) is 16.1. The fourth-order valence-electron chi connectivity index (χ4n) is 6.38. The highest BCUT2D eigenvalue weighted by molar-refractivity contribution is 5.61. The maximum absolute atomic E-state index is 2.43. The molecule has 0 saturated carbocycles. The van der Waals surface area contributed by atoms with Gasteiger partial charge in [0.2, 0.25) is 0 Å². The first-order valence-electron chi connectivity index (χ1n) is 12.1. The van der Waals surface area contributed by atoms with Gasteiger partial charge in [0.1, 0.15) is 0 Å². The van der Waals surface area contributed by atoms with Crippen molar-refractivity contribution in [3.05, 3.63) is 127 Å². The standard InChI is InChI=1S/C33H38/c1-20-10-21(2)14-29(13-20)33(30-15-22(3)11-23(4)16-30,31-17-24(5)12-25(6)18-31)32-27(8)19-26(7)28(32)9/h10-19,32H,1-9H3. The molecule has 1 atom stereocenters. The Labute approximate surface area is 201 Å². The molecular formula is C33H38. The molecule has 0 amide bonds. The summed E-state index contributed by atoms with van der Waals surface area (Å²) in [5.74, 6) is 0.279. The van der Waals surface area contributed by atoms with Crippen LogP contribution in [0.2, 0.25) is 0 Å². The molecule has 0 heterocycles. The van der Waals surface area contributed by atoms with Crippen molar-refractivity contribution < 1.29 is 0 Å². The van der Waals surface area contributed by atoms with Crippen molar-refractivity contribution in [1.82, 2.24) is 0 Å². The Morgan fingerprint density at radius 2 is 0.758 bits per heavy atom. The van der Waals surface area contributed by atoms with Crippen LogP contribution in [0.25, 0.3) is 0 Å². The van der Waals surface area contributed by atoms with Crippen LogP contribution in [0.4, 0.5) is 0 Å². The summed E-state index contributed by atoms with van der Waals surface area (Å²) in [6, 6.07) is 21.4. The molecule has 0 bridgehead atoms. The second-order valence-corrected chi connectivity index (χ2v) is 10.6. The molecule has 4 rings (SSSR count). The minimum absolute atomic E-state index is 0.279. The van der Waals surface area contributed by atoms with Gasteiger partial charge in [0.25, 0.3) is 0 Å². The van der Waals surface area contributed by atoms with E-state index in [1.165, 1.54) is 66.8 Å². The summed E-state index contributed by atoms with van der Waals surface area (Å²) in [6.07, 6.45) is 2.41. The first-order chi connectivity index (χ1) is 15.5. The maximum Gasteiger partial charge on any atom is 0.0554 e. The van der Waals surface area contributed by atoms with Crippen molar-refractivity contribution in [1.29, 1.82) is 0 Å². The third-order valence-electron chi connectivity index (χ3n) is 7.42. The quantitative estimate of drug-likeness (QED) is 0.360. The van der Waals surface area contributed by atoms with Crippen molar-refractivity contribution in [2.75, 3.05) is 0 Å². The smallest absolute Gasteiger partial charge is 0.0554 e. The fourth-order valence-corrected chi connectivity index (χ4v) is 6.38. The summed E-state index contributed by atoms with van der Waals surface area (Å²) >= 11 is 0. The van der Waals surface area contributed by atoms with E-state index in [0.717, 1.165) is 0 Å². The molecular weight excluding hydrogens is 396 g/mol. The average molecular weight is 435 g/mol. The molecule has 0 aliphatic heterocycles. The Morgan fingerprint density at radius 1 is 0.455 bits per heavy atom. The van der Waals surface area contributed by atoms with Gasteiger partial charge in [-0.1, -0.05) is 111 Å². The van der Waals surface area contributed by atoms with Crippen molar-refractivity contribution >= 4 is 0 Å². The minimum Gasteiger partial charge on any atom is -0.0643 e. The van der Waals surface area contributed by atoms with Crippen LogP contribution in [-0.2, 0) is 5.41 Å². The van der Waals surface area contributed by atoms with Crippen LogP contribution in [-0.4, -0.2) is 0 Å². The van der Waals surface area contributed by atoms with Gasteiger partial charge < -0.3 is 0 Å². The minimum atomic E-state index is -0.299. The Bertz CT molecular complexity index is 1110. The zero-order valence-electron chi connectivity index (χ0n) is 21.9. The van der Waals surface area contributed by atoms with E-state index in [0.29, 0.717) is 0 Å². The van der Waals surface area contributed by atoms with Gasteiger partial charge in [-0.25, -0.2) is 0 Å². The predicted molar refractivity (Wildman–Crippen MR) is 143 cm³/mol. The highest BCUT2D eigenvalue weighted by Crippen LogP contribution is 2.54. The molecule has 0 nitrogen and oxygen atoms in total. The molecule has 1 unspecified atom stereocenters. The first-order valence-corrected chi connectivity index (χ1v) is 12.1. The second-order valence-electron chi connectivity index (χ2n) is 10.6. The summed E-state index contributed by atoms with van der Waals surface area (Å²) < 4.78 is 0. The molecule has 0 fully saturated rings. The van der Waals surface area contributed by atoms with Gasteiger partial charge in [0, 0.05) is 5.92 Å². The molecule has 0 heteroatoms. The van der Waals surface area contributed by atoms with E-state index in [-0.39, 0.29) is 11.3 Å². The van der Waals surface area contributed by atoms with Crippen molar-refractivity contribution in [2.45, 2.75) is 67.7 Å². The molecule has 3 aromatic carbocycles. The third-order valence-corrected chi connectivity index (χ3v) is 7.42. The van der Waals surface area contributed by atoms with Gasteiger partial charge in [-0.3, -0.25) is 0 Å². The van der Waals surface area contributed by atoms with Crippen LogP contribution >= 0.6 is 0 Å². The number of hydrogen-bond acceptors (Lipinski definition) is 0. The Kier molecular flexibility index (Phi) is 5.99. The van der Waals surface area contributed by atoms with Gasteiger partial charge in [-0.05, 0) is 79.0 Å². The highest BCUT2D eigenvalue weighted by Gasteiger charge is 2.47. The van der Waals surface area contributed by atoms with Gasteiger partial charge in [-0.2, -0.15) is 0 Å². The van der Waals surface area contributed by atoms with E-state index in [4.69, 9.17) is 0 Å². The molecule has 0 radical (unpaired) electrons. The summed E-state index contributed by atoms with van der Waals surface area (Å²) in [6.45, 7) is 20.3. The van der Waals surface area contributed by atoms with Crippen LogP contribution < -0.4 is 0 Å². The van der Waals surface area contributed by atoms with Gasteiger partial charge >= 0.3 is 0 Å². The van der Waals surface area contributed by atoms with E-state index in [9.17, 15) is 0 Å². The Balaban J connectivity index is 2.25. The van der Waals surface area contributed by atoms with Gasteiger partial charge in [0.15, 0.2) is 0 Å². The zero-order valence-corrected chi connectivity index (χ0v) is 21.9. The molecule has 0 aromatic heterocycles. The Hall–Kier alpha value is -2.86. The normalized spacial score (nSPS) is 16.4. The van der Waals surface area contributed by atoms with E-state index < -0.39 is 0 Å². The summed E-state index contributed by atoms with van der Waals surface area (Å²) in [4.78, 5) is 0. The molecule has 0 saturated heterocycles. The molecule has 0 spiro atoms. The van der Waals surface area contributed by atoms with Crippen LogP contribution in [0.1, 0.15) is 70.8 Å². The molecule has 3 aromatic rings. The van der Waals surface area contributed by atoms with Crippen LogP contribution in [0, 0.1) is 47.5 Å². The fraction of sp³-hybridized carbons (Fsp3) is 0.333. The lowest BCUT2D eigenvalue weighted by molar-refractivity contribution is 0.484. The van der Waals surface area contributed by atoms with E-state index in [1.54, 1.807) is 0 Å². The number of allylic oxidation sites excluding steroid dienone is 4. The lowest BCUT2D eigenvalue weighted by Crippen LogP contribution is -2.39. The SMILES string of the molecule is CC1=CC(C)=C(C)C1C(c1cc(C)cc(C)c1)(c1cc(C)cc(C)c1)c1cc(C)cc(C)c1. The summed E-state index contributed by atoms with van der Waals surface area (Å²) in [5, 5.41) is 0. The van der Waals surface area contributed by atoms with E-state index in [1.807, 2.05) is 0 Å². The number of benzene rings is 3. The topological polar surface area (TPSA) is 0 Å². The van der Waals surface area contributed by atoms with E-state index >= 15 is 0 Å². The summed E-state index contributed by atoms with van der Waals surface area (Å²) in [7, 11) is 0. The molecule has 0 N–H and O–H groups in total. The number of aryl methyl sites for hydroxylation is 6. The van der Waals surface area contributed by atoms with Crippen molar-refractivity contribution in [3.63, 3.8) is 0 Å². The molecule has 33 heavy (non-hydrogen) atoms. The van der Waals surface area contributed by atoms with Gasteiger partial charge in [-0.15, -0.1) is 0 Å². The highest BCUT2D eigenvalue weighted by atomic mass is 14.5. The maximum atomic E-state index is 2.43. The third kappa shape index (κ3) is 4.01. The second kappa shape index (κ2) is 8.49. The number of rotatable bonds is 4. The van der Waals surface area contributed by atoms with Gasteiger partial charge in [0.05, 0.1) is 5.41 Å². The van der Waals surface area contributed by atoms with Crippen molar-refractivity contribution in [3.8, 4) is 0 Å². The first kappa shape index (κ1) is 23.3. The molecule has 170 valence electrons. The Morgan fingerprint density at radius 3 is 1.00 bits per heavy atom. The lowest BCUT2D eigenvalue weighted by atomic mass is 9.58. The monoisotopic (exact) mass is 434 g/mol. The van der Waals surface area contributed by atoms with Crippen LogP contribution in [0.5, 0.6) is 0 Å². The van der Waals surface area contributed by atoms with Crippen molar-refractivity contribution in [2.24, 2.45) is 5.92 Å². The average Bonchev–Trinajstić information content (AvgIpc) is 2.93. The largest absolute Gasteiger partial charge is 0.0643 e.